The first kappa shape index (κ1) is 36.1. The van der Waals surface area contributed by atoms with Crippen molar-refractivity contribution in [1.29, 1.82) is 0 Å². The molecule has 13 nitrogen and oxygen atoms in total. The maximum Gasteiger partial charge on any atom is 0.247 e. The highest BCUT2D eigenvalue weighted by Crippen LogP contribution is 2.32. The molecule has 3 aliphatic heterocycles. The van der Waals surface area contributed by atoms with E-state index in [0.29, 0.717) is 48.9 Å². The molecule has 15 heteroatoms. The molecule has 272 valence electrons. The lowest BCUT2D eigenvalue weighted by Gasteiger charge is -2.41. The van der Waals surface area contributed by atoms with E-state index in [2.05, 4.69) is 5.32 Å². The Balaban J connectivity index is 1.00. The molecule has 1 saturated carbocycles. The van der Waals surface area contributed by atoms with Gasteiger partial charge in [-0.3, -0.25) is 4.79 Å². The minimum absolute atomic E-state index is 0.0810. The van der Waals surface area contributed by atoms with Crippen LogP contribution < -0.4 is 19.7 Å². The maximum absolute atomic E-state index is 15.1. The van der Waals surface area contributed by atoms with Crippen LogP contribution in [0.15, 0.2) is 53.6 Å². The fourth-order valence-corrected chi connectivity index (χ4v) is 6.52. The fourth-order valence-electron chi connectivity index (χ4n) is 6.52. The third kappa shape index (κ3) is 7.95. The van der Waals surface area contributed by atoms with Crippen LogP contribution in [-0.2, 0) is 23.7 Å². The first-order valence-electron chi connectivity index (χ1n) is 16.5. The van der Waals surface area contributed by atoms with E-state index in [1.54, 1.807) is 25.1 Å². The highest BCUT2D eigenvalue weighted by Gasteiger charge is 2.53. The van der Waals surface area contributed by atoms with Crippen molar-refractivity contribution in [1.82, 2.24) is 5.32 Å². The zero-order chi connectivity index (χ0) is 35.5. The van der Waals surface area contributed by atoms with Gasteiger partial charge in [0.15, 0.2) is 11.6 Å². The van der Waals surface area contributed by atoms with Crippen LogP contribution in [-0.4, -0.2) is 121 Å². The molecule has 5 N–H and O–H groups in total. The van der Waals surface area contributed by atoms with Gasteiger partial charge in [0.25, 0.3) is 0 Å². The number of aliphatic hydroxyl groups is 4. The van der Waals surface area contributed by atoms with Crippen LogP contribution in [0.2, 0.25) is 0 Å². The molecule has 3 heterocycles. The summed E-state index contributed by atoms with van der Waals surface area (Å²) < 4.78 is 62.9. The van der Waals surface area contributed by atoms with Crippen LogP contribution >= 0.6 is 0 Å². The first-order chi connectivity index (χ1) is 24.0. The number of anilines is 1. The molecule has 0 bridgehead atoms. The summed E-state index contributed by atoms with van der Waals surface area (Å²) in [4.78, 5) is 14.8. The Labute approximate surface area is 287 Å². The van der Waals surface area contributed by atoms with Gasteiger partial charge in [0.1, 0.15) is 61.6 Å². The van der Waals surface area contributed by atoms with Gasteiger partial charge in [0.05, 0.1) is 31.0 Å². The summed E-state index contributed by atoms with van der Waals surface area (Å²) in [6, 6.07) is 7.55. The second-order valence-corrected chi connectivity index (χ2v) is 12.7. The number of aliphatic hydroxyl groups excluding tert-OH is 4. The van der Waals surface area contributed by atoms with Crippen LogP contribution in [0, 0.1) is 11.6 Å². The standard InChI is InChI=1S/C35H42F2N2O11/c1-18(7-10-46-21-4-5-24(22(36)15-21)39-8-11-45-12-9-39)32-25(40)16-27(50-32)49-26-6-3-20(14-23(26)37)13-19(2)35(44)38-28-29(41)31(43)34-33(30(28)42)47-17-48-34/h3-7,13-15,25,27-34,40-43H,8-12,16-17H2,1-2H3,(H,38,44)/b18-7+,19-13+/t25-,27+,28+,29-,30+,31+,32+,33-,34+/m0/s1. The normalized spacial score (nSPS) is 31.8. The Morgan fingerprint density at radius 2 is 1.72 bits per heavy atom. The molecule has 4 aliphatic rings. The van der Waals surface area contributed by atoms with Crippen molar-refractivity contribution in [2.45, 2.75) is 75.3 Å². The number of carbonyl (C=O) groups excluding carboxylic acids is 1. The number of amides is 1. The van der Waals surface area contributed by atoms with Gasteiger partial charge < -0.3 is 59.1 Å². The number of halogens is 2. The minimum atomic E-state index is -1.50. The Kier molecular flexibility index (Phi) is 11.3. The number of nitrogens with one attached hydrogen (secondary N) is 1. The van der Waals surface area contributed by atoms with Gasteiger partial charge in [0, 0.05) is 31.1 Å². The highest BCUT2D eigenvalue weighted by molar-refractivity contribution is 5.97. The third-order valence-corrected chi connectivity index (χ3v) is 9.31. The lowest BCUT2D eigenvalue weighted by molar-refractivity contribution is -0.155. The number of nitrogens with zero attached hydrogens (tertiary/aromatic N) is 1. The number of rotatable bonds is 10. The number of carbonyl (C=O) groups is 1. The molecule has 50 heavy (non-hydrogen) atoms. The van der Waals surface area contributed by atoms with Crippen LogP contribution in [0.1, 0.15) is 25.8 Å². The number of morpholine rings is 1. The van der Waals surface area contributed by atoms with E-state index in [1.807, 2.05) is 4.90 Å². The van der Waals surface area contributed by atoms with Crippen LogP contribution in [0.4, 0.5) is 14.5 Å². The summed E-state index contributed by atoms with van der Waals surface area (Å²) in [6.45, 7) is 5.51. The topological polar surface area (TPSA) is 169 Å². The molecule has 4 fully saturated rings. The first-order valence-corrected chi connectivity index (χ1v) is 16.5. The Morgan fingerprint density at radius 1 is 0.980 bits per heavy atom. The SMILES string of the molecule is C/C(=C\c1ccc(O[C@H]2C[C@H](O)[C@@H](/C(C)=C/COc3ccc(N4CCOCC4)c(F)c3)O2)c(F)c1)C(=O)N[C@@H]1[C@H](O)[C@@H](O)[C@H]2OCO[C@H]2[C@@H]1O. The van der Waals surface area contributed by atoms with Gasteiger partial charge in [-0.25, -0.2) is 8.78 Å². The van der Waals surface area contributed by atoms with E-state index in [4.69, 9.17) is 28.4 Å². The van der Waals surface area contributed by atoms with Crippen molar-refractivity contribution in [2.24, 2.45) is 0 Å². The molecule has 0 spiro atoms. The van der Waals surface area contributed by atoms with Gasteiger partial charge in [0.2, 0.25) is 12.2 Å². The van der Waals surface area contributed by atoms with Gasteiger partial charge >= 0.3 is 0 Å². The van der Waals surface area contributed by atoms with Gasteiger partial charge in [-0.15, -0.1) is 0 Å². The van der Waals surface area contributed by atoms with Gasteiger partial charge in [-0.05, 0) is 61.4 Å². The molecule has 2 aromatic carbocycles. The van der Waals surface area contributed by atoms with Gasteiger partial charge in [-0.1, -0.05) is 6.07 Å². The number of hydrogen-bond acceptors (Lipinski definition) is 12. The lowest BCUT2D eigenvalue weighted by Crippen LogP contribution is -2.67. The summed E-state index contributed by atoms with van der Waals surface area (Å²) in [6.07, 6.45) is -5.42. The average Bonchev–Trinajstić information content (AvgIpc) is 3.74. The summed E-state index contributed by atoms with van der Waals surface area (Å²) in [5.74, 6) is -1.53. The Bertz CT molecular complexity index is 1590. The van der Waals surface area contributed by atoms with Crippen molar-refractivity contribution in [3.8, 4) is 11.5 Å². The third-order valence-electron chi connectivity index (χ3n) is 9.31. The predicted molar refractivity (Wildman–Crippen MR) is 173 cm³/mol. The zero-order valence-corrected chi connectivity index (χ0v) is 27.6. The van der Waals surface area contributed by atoms with E-state index in [1.165, 1.54) is 31.2 Å². The van der Waals surface area contributed by atoms with Crippen molar-refractivity contribution < 1.29 is 62.4 Å². The molecule has 3 saturated heterocycles. The summed E-state index contributed by atoms with van der Waals surface area (Å²) in [7, 11) is 0. The van der Waals surface area contributed by atoms with E-state index >= 15 is 4.39 Å². The van der Waals surface area contributed by atoms with Crippen LogP contribution in [0.3, 0.4) is 0 Å². The number of fused-ring (bicyclic) bond motifs is 1. The Morgan fingerprint density at radius 3 is 2.44 bits per heavy atom. The summed E-state index contributed by atoms with van der Waals surface area (Å²) in [5.41, 5.74) is 1.63. The van der Waals surface area contributed by atoms with Crippen LogP contribution in [0.5, 0.6) is 11.5 Å². The molecule has 0 aromatic heterocycles. The molecule has 1 aliphatic carbocycles. The zero-order valence-electron chi connectivity index (χ0n) is 27.6. The molecule has 1 amide bonds. The molecule has 0 radical (unpaired) electrons. The predicted octanol–water partition coefficient (Wildman–Crippen LogP) is 1.41. The second kappa shape index (κ2) is 15.7. The summed E-state index contributed by atoms with van der Waals surface area (Å²) in [5, 5.41) is 44.5. The molecular formula is C35H42F2N2O11. The number of ether oxygens (including phenoxy) is 6. The average molecular weight is 705 g/mol. The molecule has 6 rings (SSSR count). The fraction of sp³-hybridized carbons (Fsp3) is 0.514. The maximum atomic E-state index is 15.1. The van der Waals surface area contributed by atoms with Gasteiger partial charge in [-0.2, -0.15) is 0 Å². The smallest absolute Gasteiger partial charge is 0.247 e. The largest absolute Gasteiger partial charge is 0.489 e. The Hall–Kier alpha value is -3.67. The number of benzene rings is 2. The van der Waals surface area contributed by atoms with E-state index in [-0.39, 0.29) is 37.0 Å². The lowest BCUT2D eigenvalue weighted by atomic mass is 9.83. The van der Waals surface area contributed by atoms with Crippen molar-refractivity contribution in [2.75, 3.05) is 44.6 Å². The number of hydrogen-bond donors (Lipinski definition) is 5. The van der Waals surface area contributed by atoms with Crippen LogP contribution in [0.25, 0.3) is 6.08 Å². The highest BCUT2D eigenvalue weighted by atomic mass is 19.1. The molecular weight excluding hydrogens is 662 g/mol. The molecule has 9 atom stereocenters. The van der Waals surface area contributed by atoms with Crippen molar-refractivity contribution in [3.05, 3.63) is 70.8 Å². The monoisotopic (exact) mass is 704 g/mol. The van der Waals surface area contributed by atoms with Crippen molar-refractivity contribution in [3.63, 3.8) is 0 Å². The van der Waals surface area contributed by atoms with E-state index in [0.717, 1.165) is 6.07 Å². The minimum Gasteiger partial charge on any atom is -0.489 e. The quantitative estimate of drug-likeness (QED) is 0.179. The second-order valence-electron chi connectivity index (χ2n) is 12.7. The van der Waals surface area contributed by atoms with E-state index in [9.17, 15) is 29.6 Å². The molecule has 0 unspecified atom stereocenters. The van der Waals surface area contributed by atoms with E-state index < -0.39 is 66.8 Å². The van der Waals surface area contributed by atoms with Crippen molar-refractivity contribution >= 4 is 17.7 Å². The summed E-state index contributed by atoms with van der Waals surface area (Å²) >= 11 is 0. The molecule has 2 aromatic rings.